The van der Waals surface area contributed by atoms with E-state index in [1.54, 1.807) is 0 Å². The summed E-state index contributed by atoms with van der Waals surface area (Å²) in [7, 11) is 0. The van der Waals surface area contributed by atoms with Crippen molar-refractivity contribution in [2.75, 3.05) is 6.54 Å². The molecule has 0 aliphatic rings. The van der Waals surface area contributed by atoms with E-state index in [0.717, 1.165) is 12.1 Å². The maximum Gasteiger partial charge on any atom is 0.270 e. The first-order valence-electron chi connectivity index (χ1n) is 4.07. The number of ketones is 1. The van der Waals surface area contributed by atoms with E-state index in [0.29, 0.717) is 6.29 Å². The molecule has 0 aliphatic heterocycles. The van der Waals surface area contributed by atoms with Crippen LogP contribution in [-0.2, 0) is 0 Å². The maximum atomic E-state index is 11.3. The van der Waals surface area contributed by atoms with E-state index < -0.39 is 10.7 Å². The highest BCUT2D eigenvalue weighted by Gasteiger charge is 2.14. The van der Waals surface area contributed by atoms with E-state index in [2.05, 4.69) is 0 Å². The second-order valence-electron chi connectivity index (χ2n) is 2.77. The van der Waals surface area contributed by atoms with Gasteiger partial charge >= 0.3 is 0 Å². The highest BCUT2D eigenvalue weighted by molar-refractivity contribution is 6.04. The van der Waals surface area contributed by atoms with E-state index in [1.165, 1.54) is 6.07 Å². The summed E-state index contributed by atoms with van der Waals surface area (Å²) in [6, 6.07) is 3.45. The average Bonchev–Trinajstić information content (AvgIpc) is 2.27. The molecular formula is C9H8N2O4. The second-order valence-corrected chi connectivity index (χ2v) is 2.77. The molecule has 0 bridgehead atoms. The highest BCUT2D eigenvalue weighted by Crippen LogP contribution is 2.16. The normalized spacial score (nSPS) is 9.67. The van der Waals surface area contributed by atoms with Crippen molar-refractivity contribution in [2.24, 2.45) is 5.73 Å². The van der Waals surface area contributed by atoms with Crippen molar-refractivity contribution in [1.29, 1.82) is 0 Å². The van der Waals surface area contributed by atoms with Crippen molar-refractivity contribution in [3.63, 3.8) is 0 Å². The standard InChI is InChI=1S/C9H8N2O4/c10-4-9(13)8-3-7(11(14)15)2-1-6(8)5-12/h1-3,5H,4,10H2. The minimum absolute atomic E-state index is 0.0123. The molecule has 0 fully saturated rings. The molecule has 6 heteroatoms. The van der Waals surface area contributed by atoms with Gasteiger partial charge in [0.05, 0.1) is 11.5 Å². The van der Waals surface area contributed by atoms with Gasteiger partial charge < -0.3 is 5.73 Å². The minimum atomic E-state index is -0.637. The lowest BCUT2D eigenvalue weighted by molar-refractivity contribution is -0.384. The Kier molecular flexibility index (Phi) is 3.25. The van der Waals surface area contributed by atoms with Crippen molar-refractivity contribution in [3.8, 4) is 0 Å². The summed E-state index contributed by atoms with van der Waals surface area (Å²) < 4.78 is 0. The fraction of sp³-hybridized carbons (Fsp3) is 0.111. The zero-order valence-corrected chi connectivity index (χ0v) is 7.67. The molecule has 0 saturated heterocycles. The molecule has 0 amide bonds. The molecule has 2 N–H and O–H groups in total. The van der Waals surface area contributed by atoms with Crippen LogP contribution >= 0.6 is 0 Å². The molecule has 0 atom stereocenters. The number of carbonyl (C=O) groups is 2. The van der Waals surface area contributed by atoms with Crippen molar-refractivity contribution < 1.29 is 14.5 Å². The zero-order valence-electron chi connectivity index (χ0n) is 7.67. The van der Waals surface area contributed by atoms with Crippen LogP contribution < -0.4 is 5.73 Å². The first-order chi connectivity index (χ1) is 7.10. The third kappa shape index (κ3) is 2.23. The Bertz CT molecular complexity index is 428. The number of rotatable bonds is 4. The van der Waals surface area contributed by atoms with Crippen molar-refractivity contribution in [3.05, 3.63) is 39.4 Å². The van der Waals surface area contributed by atoms with E-state index in [-0.39, 0.29) is 23.4 Å². The van der Waals surface area contributed by atoms with E-state index in [4.69, 9.17) is 5.73 Å². The van der Waals surface area contributed by atoms with Crippen molar-refractivity contribution in [2.45, 2.75) is 0 Å². The Labute approximate surface area is 84.8 Å². The van der Waals surface area contributed by atoms with Crippen molar-refractivity contribution in [1.82, 2.24) is 0 Å². The molecule has 0 radical (unpaired) electrons. The lowest BCUT2D eigenvalue weighted by Gasteiger charge is -2.01. The lowest BCUT2D eigenvalue weighted by Crippen LogP contribution is -2.15. The van der Waals surface area contributed by atoms with Gasteiger partial charge in [-0.15, -0.1) is 0 Å². The largest absolute Gasteiger partial charge is 0.324 e. The summed E-state index contributed by atoms with van der Waals surface area (Å²) in [6.07, 6.45) is 0.465. The molecular weight excluding hydrogens is 200 g/mol. The summed E-state index contributed by atoms with van der Waals surface area (Å²) in [4.78, 5) is 31.6. The molecule has 6 nitrogen and oxygen atoms in total. The number of aldehydes is 1. The minimum Gasteiger partial charge on any atom is -0.324 e. The fourth-order valence-electron chi connectivity index (χ4n) is 1.11. The highest BCUT2D eigenvalue weighted by atomic mass is 16.6. The maximum absolute atomic E-state index is 11.3. The van der Waals surface area contributed by atoms with Gasteiger partial charge in [-0.05, 0) is 6.07 Å². The SMILES string of the molecule is NCC(=O)c1cc([N+](=O)[O-])ccc1C=O. The van der Waals surface area contributed by atoms with Crippen LogP contribution in [0.5, 0.6) is 0 Å². The third-order valence-corrected chi connectivity index (χ3v) is 1.86. The van der Waals surface area contributed by atoms with Crippen LogP contribution in [0.2, 0.25) is 0 Å². The predicted octanol–water partition coefficient (Wildman–Crippen LogP) is 0.549. The number of hydrogen-bond acceptors (Lipinski definition) is 5. The Hall–Kier alpha value is -2.08. The molecule has 0 spiro atoms. The molecule has 1 rings (SSSR count). The van der Waals surface area contributed by atoms with Gasteiger partial charge in [0.2, 0.25) is 0 Å². The molecule has 0 unspecified atom stereocenters. The van der Waals surface area contributed by atoms with E-state index in [1.807, 2.05) is 0 Å². The molecule has 0 aliphatic carbocycles. The summed E-state index contributed by atoms with van der Waals surface area (Å²) >= 11 is 0. The molecule has 78 valence electrons. The fourth-order valence-corrected chi connectivity index (χ4v) is 1.11. The predicted molar refractivity (Wildman–Crippen MR) is 51.9 cm³/mol. The first kappa shape index (κ1) is 11.0. The molecule has 1 aromatic carbocycles. The topological polar surface area (TPSA) is 103 Å². The van der Waals surface area contributed by atoms with Crippen LogP contribution in [-0.4, -0.2) is 23.5 Å². The number of nitrogens with zero attached hydrogens (tertiary/aromatic N) is 1. The number of Topliss-reactive ketones (excluding diaryl/α,β-unsaturated/α-hetero) is 1. The van der Waals surface area contributed by atoms with Gasteiger partial charge in [0, 0.05) is 23.3 Å². The van der Waals surface area contributed by atoms with Crippen LogP contribution in [0.15, 0.2) is 18.2 Å². The molecule has 15 heavy (non-hydrogen) atoms. The number of nitro benzene ring substituents is 1. The molecule has 0 heterocycles. The summed E-state index contributed by atoms with van der Waals surface area (Å²) in [6.45, 7) is -0.290. The number of nitrogens with two attached hydrogens (primary N) is 1. The summed E-state index contributed by atoms with van der Waals surface area (Å²) in [5.74, 6) is -0.499. The number of benzene rings is 1. The van der Waals surface area contributed by atoms with Gasteiger partial charge in [-0.25, -0.2) is 0 Å². The van der Waals surface area contributed by atoms with Gasteiger partial charge in [-0.1, -0.05) is 0 Å². The first-order valence-corrected chi connectivity index (χ1v) is 4.07. The number of carbonyl (C=O) groups excluding carboxylic acids is 2. The van der Waals surface area contributed by atoms with Gasteiger partial charge in [-0.3, -0.25) is 19.7 Å². The Morgan fingerprint density at radius 2 is 2.20 bits per heavy atom. The number of non-ortho nitro benzene ring substituents is 1. The third-order valence-electron chi connectivity index (χ3n) is 1.86. The zero-order chi connectivity index (χ0) is 11.4. The van der Waals surface area contributed by atoms with Crippen LogP contribution in [0.4, 0.5) is 5.69 Å². The van der Waals surface area contributed by atoms with Gasteiger partial charge in [0.25, 0.3) is 5.69 Å². The van der Waals surface area contributed by atoms with Crippen LogP contribution in [0.1, 0.15) is 20.7 Å². The van der Waals surface area contributed by atoms with Crippen molar-refractivity contribution >= 4 is 17.8 Å². The Morgan fingerprint density at radius 3 is 2.67 bits per heavy atom. The van der Waals surface area contributed by atoms with E-state index >= 15 is 0 Å². The second kappa shape index (κ2) is 4.43. The molecule has 0 saturated carbocycles. The molecule has 1 aromatic rings. The smallest absolute Gasteiger partial charge is 0.270 e. The Morgan fingerprint density at radius 1 is 1.53 bits per heavy atom. The lowest BCUT2D eigenvalue weighted by atomic mass is 10.0. The number of nitro groups is 1. The number of hydrogen-bond donors (Lipinski definition) is 1. The summed E-state index contributed by atoms with van der Waals surface area (Å²) in [5, 5.41) is 10.4. The quantitative estimate of drug-likeness (QED) is 0.336. The molecule has 0 aromatic heterocycles. The van der Waals surface area contributed by atoms with Crippen LogP contribution in [0.25, 0.3) is 0 Å². The average molecular weight is 208 g/mol. The monoisotopic (exact) mass is 208 g/mol. The Balaban J connectivity index is 3.31. The van der Waals surface area contributed by atoms with E-state index in [9.17, 15) is 19.7 Å². The van der Waals surface area contributed by atoms with Gasteiger partial charge in [0.15, 0.2) is 12.1 Å². The van der Waals surface area contributed by atoms with Gasteiger partial charge in [0.1, 0.15) is 0 Å². The summed E-state index contributed by atoms with van der Waals surface area (Å²) in [5.41, 5.74) is 4.98. The van der Waals surface area contributed by atoms with Crippen LogP contribution in [0.3, 0.4) is 0 Å². The van der Waals surface area contributed by atoms with Gasteiger partial charge in [-0.2, -0.15) is 0 Å². The van der Waals surface area contributed by atoms with Crippen LogP contribution in [0, 0.1) is 10.1 Å².